The molecule has 0 saturated heterocycles. The van der Waals surface area contributed by atoms with E-state index in [1.165, 1.54) is 0 Å². The number of aliphatic hydroxyl groups excluding tert-OH is 1. The van der Waals surface area contributed by atoms with Crippen LogP contribution in [0.1, 0.15) is 29.2 Å². The topological polar surface area (TPSA) is 29.5 Å². The van der Waals surface area contributed by atoms with Crippen molar-refractivity contribution >= 4 is 11.6 Å². The van der Waals surface area contributed by atoms with Gasteiger partial charge in [0, 0.05) is 18.1 Å². The molecule has 0 aromatic heterocycles. The highest BCUT2D eigenvalue weighted by Gasteiger charge is 2.12. The van der Waals surface area contributed by atoms with Crippen LogP contribution in [-0.2, 0) is 4.74 Å². The Balaban J connectivity index is 2.56. The Morgan fingerprint density at radius 3 is 2.56 bits per heavy atom. The average Bonchev–Trinajstić information content (AvgIpc) is 2.28. The fraction of sp³-hybridized carbons (Fsp3) is 0.538. The fourth-order valence-corrected chi connectivity index (χ4v) is 1.90. The molecule has 1 N–H and O–H groups in total. The van der Waals surface area contributed by atoms with E-state index >= 15 is 0 Å². The maximum atomic E-state index is 11.8. The highest BCUT2D eigenvalue weighted by molar-refractivity contribution is 6.31. The second kappa shape index (κ2) is 7.02. The van der Waals surface area contributed by atoms with Crippen LogP contribution in [0, 0.1) is 13.8 Å². The van der Waals surface area contributed by atoms with Crippen LogP contribution in [0.5, 0.6) is 0 Å². The summed E-state index contributed by atoms with van der Waals surface area (Å²) < 4.78 is 28.4. The van der Waals surface area contributed by atoms with Crippen LogP contribution < -0.4 is 0 Å². The fourth-order valence-electron chi connectivity index (χ4n) is 1.69. The molecule has 0 aliphatic rings. The number of rotatable bonds is 6. The molecule has 1 atom stereocenters. The number of hydrogen-bond donors (Lipinski definition) is 1. The van der Waals surface area contributed by atoms with Crippen molar-refractivity contribution in [2.45, 2.75) is 32.8 Å². The molecule has 0 heterocycles. The molecule has 0 bridgehead atoms. The Hall–Kier alpha value is -0.710. The van der Waals surface area contributed by atoms with Crippen LogP contribution in [0.15, 0.2) is 12.1 Å². The Morgan fingerprint density at radius 1 is 1.28 bits per heavy atom. The van der Waals surface area contributed by atoms with Gasteiger partial charge in [0.1, 0.15) is 6.61 Å². The lowest BCUT2D eigenvalue weighted by Gasteiger charge is -2.15. The van der Waals surface area contributed by atoms with Gasteiger partial charge in [-0.2, -0.15) is 0 Å². The van der Waals surface area contributed by atoms with Crippen molar-refractivity contribution in [2.24, 2.45) is 0 Å². The first kappa shape index (κ1) is 15.3. The predicted octanol–water partition coefficient (Wildman–Crippen LogP) is 3.66. The maximum Gasteiger partial charge on any atom is 0.261 e. The molecule has 0 radical (unpaired) electrons. The summed E-state index contributed by atoms with van der Waals surface area (Å²) in [6, 6.07) is 3.60. The number of benzene rings is 1. The van der Waals surface area contributed by atoms with Gasteiger partial charge in [-0.3, -0.25) is 0 Å². The van der Waals surface area contributed by atoms with Crippen molar-refractivity contribution in [3.63, 3.8) is 0 Å². The minimum absolute atomic E-state index is 0.104. The van der Waals surface area contributed by atoms with Crippen molar-refractivity contribution in [3.8, 4) is 0 Å². The molecule has 0 saturated carbocycles. The molecule has 18 heavy (non-hydrogen) atoms. The van der Waals surface area contributed by atoms with Gasteiger partial charge in [0.25, 0.3) is 6.43 Å². The third kappa shape index (κ3) is 4.52. The van der Waals surface area contributed by atoms with E-state index in [1.54, 1.807) is 6.07 Å². The molecule has 1 rings (SSSR count). The maximum absolute atomic E-state index is 11.8. The quantitative estimate of drug-likeness (QED) is 0.805. The van der Waals surface area contributed by atoms with Gasteiger partial charge in [-0.15, -0.1) is 0 Å². The van der Waals surface area contributed by atoms with Crippen LogP contribution in [0.2, 0.25) is 5.02 Å². The van der Waals surface area contributed by atoms with Crippen molar-refractivity contribution < 1.29 is 18.6 Å². The van der Waals surface area contributed by atoms with E-state index in [2.05, 4.69) is 0 Å². The molecule has 2 nitrogen and oxygen atoms in total. The lowest BCUT2D eigenvalue weighted by molar-refractivity contribution is 0.00475. The van der Waals surface area contributed by atoms with Gasteiger partial charge < -0.3 is 9.84 Å². The summed E-state index contributed by atoms with van der Waals surface area (Å²) in [6.45, 7) is 3.22. The van der Waals surface area contributed by atoms with Crippen LogP contribution in [-0.4, -0.2) is 24.7 Å². The van der Waals surface area contributed by atoms with Gasteiger partial charge >= 0.3 is 0 Å². The van der Waals surface area contributed by atoms with E-state index in [9.17, 15) is 13.9 Å². The van der Waals surface area contributed by atoms with Crippen molar-refractivity contribution in [1.29, 1.82) is 0 Å². The lowest BCUT2D eigenvalue weighted by Crippen LogP contribution is -2.09. The second-order valence-electron chi connectivity index (χ2n) is 4.23. The zero-order valence-electron chi connectivity index (χ0n) is 10.4. The number of ether oxygens (including phenoxy) is 1. The van der Waals surface area contributed by atoms with Gasteiger partial charge in [-0.1, -0.05) is 17.7 Å². The monoisotopic (exact) mass is 278 g/mol. The third-order valence-corrected chi connectivity index (χ3v) is 3.09. The number of aliphatic hydroxyl groups is 1. The smallest absolute Gasteiger partial charge is 0.261 e. The highest BCUT2D eigenvalue weighted by atomic mass is 35.5. The zero-order valence-corrected chi connectivity index (χ0v) is 11.2. The molecule has 0 aliphatic carbocycles. The molecular weight excluding hydrogens is 262 g/mol. The molecule has 0 fully saturated rings. The van der Waals surface area contributed by atoms with Gasteiger partial charge in [-0.05, 0) is 36.6 Å². The molecule has 1 unspecified atom stereocenters. The summed E-state index contributed by atoms with van der Waals surface area (Å²) >= 11 is 5.96. The third-order valence-electron chi connectivity index (χ3n) is 2.69. The minimum Gasteiger partial charge on any atom is -0.388 e. The second-order valence-corrected chi connectivity index (χ2v) is 4.64. The first-order valence-corrected chi connectivity index (χ1v) is 6.10. The Labute approximate surface area is 111 Å². The standard InChI is InChI=1S/C13H17ClF2O2/c1-8-6-11(14)9(2)5-10(8)12(17)3-4-18-7-13(15)16/h5-6,12-13,17H,3-4,7H2,1-2H3. The number of halogens is 3. The van der Waals surface area contributed by atoms with Gasteiger partial charge in [0.05, 0.1) is 6.10 Å². The van der Waals surface area contributed by atoms with Crippen LogP contribution in [0.4, 0.5) is 8.78 Å². The molecule has 0 spiro atoms. The normalized spacial score (nSPS) is 13.1. The number of alkyl halides is 2. The Kier molecular flexibility index (Phi) is 5.99. The van der Waals surface area contributed by atoms with Crippen molar-refractivity contribution in [2.75, 3.05) is 13.2 Å². The van der Waals surface area contributed by atoms with Gasteiger partial charge in [0.2, 0.25) is 0 Å². The lowest BCUT2D eigenvalue weighted by atomic mass is 9.99. The first-order valence-electron chi connectivity index (χ1n) is 5.72. The van der Waals surface area contributed by atoms with Crippen molar-refractivity contribution in [1.82, 2.24) is 0 Å². The summed E-state index contributed by atoms with van der Waals surface area (Å²) in [7, 11) is 0. The summed E-state index contributed by atoms with van der Waals surface area (Å²) in [4.78, 5) is 0. The zero-order chi connectivity index (χ0) is 13.7. The minimum atomic E-state index is -2.47. The van der Waals surface area contributed by atoms with E-state index in [-0.39, 0.29) is 13.0 Å². The van der Waals surface area contributed by atoms with Crippen LogP contribution in [0.25, 0.3) is 0 Å². The summed E-state index contributed by atoms with van der Waals surface area (Å²) in [6.07, 6.45) is -2.91. The number of aryl methyl sites for hydroxylation is 2. The largest absolute Gasteiger partial charge is 0.388 e. The molecule has 0 aliphatic heterocycles. The summed E-state index contributed by atoms with van der Waals surface area (Å²) in [5, 5.41) is 10.6. The molecule has 1 aromatic rings. The van der Waals surface area contributed by atoms with Crippen molar-refractivity contribution in [3.05, 3.63) is 33.8 Å². The first-order chi connectivity index (χ1) is 8.41. The molecular formula is C13H17ClF2O2. The number of hydrogen-bond acceptors (Lipinski definition) is 2. The molecule has 0 amide bonds. The van der Waals surface area contributed by atoms with E-state index < -0.39 is 19.1 Å². The van der Waals surface area contributed by atoms with E-state index in [0.717, 1.165) is 16.7 Å². The van der Waals surface area contributed by atoms with Crippen LogP contribution in [0.3, 0.4) is 0 Å². The molecule has 5 heteroatoms. The highest BCUT2D eigenvalue weighted by Crippen LogP contribution is 2.26. The average molecular weight is 279 g/mol. The summed E-state index contributed by atoms with van der Waals surface area (Å²) in [5.74, 6) is 0. The summed E-state index contributed by atoms with van der Waals surface area (Å²) in [5.41, 5.74) is 2.52. The Morgan fingerprint density at radius 2 is 1.94 bits per heavy atom. The molecule has 102 valence electrons. The van der Waals surface area contributed by atoms with E-state index in [4.69, 9.17) is 16.3 Å². The van der Waals surface area contributed by atoms with Gasteiger partial charge in [-0.25, -0.2) is 8.78 Å². The SMILES string of the molecule is Cc1cc(C(O)CCOCC(F)F)c(C)cc1Cl. The molecule has 1 aromatic carbocycles. The van der Waals surface area contributed by atoms with Crippen LogP contribution >= 0.6 is 11.6 Å². The van der Waals surface area contributed by atoms with Gasteiger partial charge in [0.15, 0.2) is 0 Å². The van der Waals surface area contributed by atoms with E-state index in [1.807, 2.05) is 19.9 Å². The Bertz CT molecular complexity index is 397. The predicted molar refractivity (Wildman–Crippen MR) is 67.3 cm³/mol. The van der Waals surface area contributed by atoms with E-state index in [0.29, 0.717) is 5.02 Å².